The van der Waals surface area contributed by atoms with Crippen LogP contribution in [0, 0.1) is 11.8 Å². The van der Waals surface area contributed by atoms with Gasteiger partial charge in [0, 0.05) is 12.7 Å². The van der Waals surface area contributed by atoms with Gasteiger partial charge in [0.2, 0.25) is 0 Å². The van der Waals surface area contributed by atoms with E-state index in [1.807, 2.05) is 24.3 Å². The third kappa shape index (κ3) is 7.20. The summed E-state index contributed by atoms with van der Waals surface area (Å²) < 4.78 is 30.9. The Hall–Kier alpha value is -1.22. The van der Waals surface area contributed by atoms with E-state index in [0.29, 0.717) is 17.6 Å². The van der Waals surface area contributed by atoms with E-state index in [1.54, 1.807) is 0 Å². The molecule has 3 heteroatoms. The lowest BCUT2D eigenvalue weighted by atomic mass is 9.69. The van der Waals surface area contributed by atoms with Crippen LogP contribution in [0.4, 0.5) is 8.78 Å². The number of rotatable bonds is 9. The maximum Gasteiger partial charge on any atom is 0.270 e. The fourth-order valence-electron chi connectivity index (χ4n) is 5.42. The van der Waals surface area contributed by atoms with Gasteiger partial charge in [-0.05, 0) is 86.7 Å². The highest BCUT2D eigenvalue weighted by Crippen LogP contribution is 2.43. The summed E-state index contributed by atoms with van der Waals surface area (Å²) in [6, 6.07) is 7.74. The summed E-state index contributed by atoms with van der Waals surface area (Å²) in [4.78, 5) is 0. The molecule has 0 aliphatic heterocycles. The number of hydrogen-bond donors (Lipinski definition) is 0. The Bertz CT molecular complexity index is 604. The van der Waals surface area contributed by atoms with Crippen LogP contribution in [0.1, 0.15) is 101 Å². The van der Waals surface area contributed by atoms with E-state index in [4.69, 9.17) is 4.74 Å². The molecule has 0 heterocycles. The molecule has 0 saturated heterocycles. The van der Waals surface area contributed by atoms with E-state index in [1.165, 1.54) is 82.6 Å². The molecule has 0 atom stereocenters. The minimum atomic E-state index is -1.63. The lowest BCUT2D eigenvalue weighted by Crippen LogP contribution is -2.28. The fraction of sp³-hybridized carbons (Fsp3) is 0.692. The van der Waals surface area contributed by atoms with Crippen molar-refractivity contribution >= 4 is 6.08 Å². The van der Waals surface area contributed by atoms with Crippen molar-refractivity contribution in [1.29, 1.82) is 0 Å². The number of hydrogen-bond acceptors (Lipinski definition) is 1. The molecule has 0 aromatic heterocycles. The Morgan fingerprint density at radius 2 is 1.48 bits per heavy atom. The topological polar surface area (TPSA) is 9.23 Å². The van der Waals surface area contributed by atoms with Gasteiger partial charge in [0.05, 0.1) is 6.10 Å². The standard InChI is InChI=1S/C26H38F2O/c1-2-3-4-5-18-29-25-16-14-24(15-17-25)23-12-10-22(11-13-23)21-8-6-20(7-9-21)19-26(27)28/h6-9,19,22-25H,2-5,10-18H2,1H3. The van der Waals surface area contributed by atoms with Crippen LogP contribution in [-0.4, -0.2) is 12.7 Å². The summed E-state index contributed by atoms with van der Waals surface area (Å²) in [6.45, 7) is 3.20. The lowest BCUT2D eigenvalue weighted by molar-refractivity contribution is 0.00627. The quantitative estimate of drug-likeness (QED) is 0.376. The van der Waals surface area contributed by atoms with E-state index >= 15 is 0 Å². The third-order valence-corrected chi connectivity index (χ3v) is 7.19. The molecule has 1 aromatic rings. The molecule has 0 spiro atoms. The Labute approximate surface area is 175 Å². The summed E-state index contributed by atoms with van der Waals surface area (Å²) in [5.74, 6) is 2.36. The lowest BCUT2D eigenvalue weighted by Gasteiger charge is -2.38. The SMILES string of the molecule is CCCCCCOC1CCC(C2CCC(c3ccc(C=C(F)F)cc3)CC2)CC1. The largest absolute Gasteiger partial charge is 0.378 e. The molecule has 2 fully saturated rings. The number of ether oxygens (including phenoxy) is 1. The van der Waals surface area contributed by atoms with Crippen LogP contribution in [-0.2, 0) is 4.74 Å². The van der Waals surface area contributed by atoms with Gasteiger partial charge >= 0.3 is 0 Å². The Balaban J connectivity index is 1.36. The summed E-state index contributed by atoms with van der Waals surface area (Å²) in [6.07, 6.45) is 15.2. The van der Waals surface area contributed by atoms with Crippen molar-refractivity contribution in [2.24, 2.45) is 11.8 Å². The van der Waals surface area contributed by atoms with Gasteiger partial charge in [0.1, 0.15) is 0 Å². The Morgan fingerprint density at radius 3 is 2.07 bits per heavy atom. The van der Waals surface area contributed by atoms with Crippen molar-refractivity contribution in [1.82, 2.24) is 0 Å². The van der Waals surface area contributed by atoms with E-state index in [0.717, 1.165) is 24.5 Å². The second kappa shape index (κ2) is 11.8. The zero-order valence-electron chi connectivity index (χ0n) is 18.1. The minimum absolute atomic E-state index is 0.505. The van der Waals surface area contributed by atoms with Crippen LogP contribution in [0.3, 0.4) is 0 Å². The Morgan fingerprint density at radius 1 is 0.862 bits per heavy atom. The monoisotopic (exact) mass is 404 g/mol. The maximum atomic E-state index is 12.4. The molecule has 0 bridgehead atoms. The van der Waals surface area contributed by atoms with E-state index < -0.39 is 6.08 Å². The molecule has 3 rings (SSSR count). The van der Waals surface area contributed by atoms with Crippen molar-refractivity contribution in [3.05, 3.63) is 41.5 Å². The van der Waals surface area contributed by atoms with E-state index in [2.05, 4.69) is 6.92 Å². The van der Waals surface area contributed by atoms with Gasteiger partial charge in [-0.2, -0.15) is 8.78 Å². The normalized spacial score (nSPS) is 27.6. The summed E-state index contributed by atoms with van der Waals surface area (Å²) >= 11 is 0. The maximum absolute atomic E-state index is 12.4. The molecule has 0 amide bonds. The smallest absolute Gasteiger partial charge is 0.270 e. The first-order chi connectivity index (χ1) is 14.2. The predicted octanol–water partition coefficient (Wildman–Crippen LogP) is 8.35. The number of halogens is 2. The van der Waals surface area contributed by atoms with Crippen LogP contribution < -0.4 is 0 Å². The highest BCUT2D eigenvalue weighted by atomic mass is 19.3. The average molecular weight is 405 g/mol. The average Bonchev–Trinajstić information content (AvgIpc) is 2.74. The second-order valence-corrected chi connectivity index (χ2v) is 9.18. The van der Waals surface area contributed by atoms with Crippen LogP contribution in [0.15, 0.2) is 30.3 Å². The van der Waals surface area contributed by atoms with Crippen molar-refractivity contribution in [2.45, 2.75) is 96.0 Å². The van der Waals surface area contributed by atoms with E-state index in [-0.39, 0.29) is 0 Å². The highest BCUT2D eigenvalue weighted by Gasteiger charge is 2.31. The molecule has 2 aliphatic carbocycles. The van der Waals surface area contributed by atoms with Gasteiger partial charge in [-0.15, -0.1) is 0 Å². The molecular formula is C26H38F2O. The predicted molar refractivity (Wildman–Crippen MR) is 117 cm³/mol. The first-order valence-electron chi connectivity index (χ1n) is 11.9. The molecule has 1 aromatic carbocycles. The van der Waals surface area contributed by atoms with Crippen LogP contribution in [0.2, 0.25) is 0 Å². The second-order valence-electron chi connectivity index (χ2n) is 9.18. The van der Waals surface area contributed by atoms with Crippen molar-refractivity contribution < 1.29 is 13.5 Å². The highest BCUT2D eigenvalue weighted by molar-refractivity contribution is 5.50. The van der Waals surface area contributed by atoms with Crippen LogP contribution >= 0.6 is 0 Å². The van der Waals surface area contributed by atoms with Crippen LogP contribution in [0.25, 0.3) is 6.08 Å². The first-order valence-corrected chi connectivity index (χ1v) is 11.9. The molecule has 2 aliphatic rings. The van der Waals surface area contributed by atoms with Crippen molar-refractivity contribution in [3.8, 4) is 0 Å². The third-order valence-electron chi connectivity index (χ3n) is 7.19. The van der Waals surface area contributed by atoms with Crippen LogP contribution in [0.5, 0.6) is 0 Å². The molecule has 29 heavy (non-hydrogen) atoms. The molecule has 0 unspecified atom stereocenters. The zero-order valence-corrected chi connectivity index (χ0v) is 18.1. The van der Waals surface area contributed by atoms with Gasteiger partial charge in [-0.3, -0.25) is 0 Å². The molecule has 0 radical (unpaired) electrons. The first kappa shape index (κ1) is 22.5. The minimum Gasteiger partial charge on any atom is -0.378 e. The van der Waals surface area contributed by atoms with Gasteiger partial charge in [-0.1, -0.05) is 50.5 Å². The summed E-state index contributed by atoms with van der Waals surface area (Å²) in [5.41, 5.74) is 1.91. The fourth-order valence-corrected chi connectivity index (χ4v) is 5.42. The van der Waals surface area contributed by atoms with Gasteiger partial charge in [0.25, 0.3) is 6.08 Å². The summed E-state index contributed by atoms with van der Waals surface area (Å²) in [7, 11) is 0. The molecule has 1 nitrogen and oxygen atoms in total. The van der Waals surface area contributed by atoms with Crippen molar-refractivity contribution in [2.75, 3.05) is 6.61 Å². The Kier molecular flexibility index (Phi) is 9.17. The number of benzene rings is 1. The summed E-state index contributed by atoms with van der Waals surface area (Å²) in [5, 5.41) is 0. The van der Waals surface area contributed by atoms with Gasteiger partial charge < -0.3 is 4.74 Å². The molecule has 162 valence electrons. The van der Waals surface area contributed by atoms with Crippen molar-refractivity contribution in [3.63, 3.8) is 0 Å². The van der Waals surface area contributed by atoms with Gasteiger partial charge in [0.15, 0.2) is 0 Å². The molecule has 2 saturated carbocycles. The van der Waals surface area contributed by atoms with Gasteiger partial charge in [-0.25, -0.2) is 0 Å². The molecular weight excluding hydrogens is 366 g/mol. The van der Waals surface area contributed by atoms with E-state index in [9.17, 15) is 8.78 Å². The zero-order chi connectivity index (χ0) is 20.5. The molecule has 0 N–H and O–H groups in total. The number of unbranched alkanes of at least 4 members (excludes halogenated alkanes) is 3.